The van der Waals surface area contributed by atoms with Crippen LogP contribution in [0.2, 0.25) is 0 Å². The van der Waals surface area contributed by atoms with Crippen molar-refractivity contribution in [2.75, 3.05) is 0 Å². The van der Waals surface area contributed by atoms with Crippen molar-refractivity contribution in [2.45, 2.75) is 86.0 Å². The van der Waals surface area contributed by atoms with Crippen molar-refractivity contribution in [3.05, 3.63) is 131 Å². The Labute approximate surface area is 296 Å². The third kappa shape index (κ3) is 6.00. The van der Waals surface area contributed by atoms with E-state index in [2.05, 4.69) is 140 Å². The molecule has 0 N–H and O–H groups in total. The second-order valence-corrected chi connectivity index (χ2v) is 14.9. The molecule has 4 aromatic carbocycles. The van der Waals surface area contributed by atoms with Crippen molar-refractivity contribution in [3.63, 3.8) is 0 Å². The van der Waals surface area contributed by atoms with E-state index in [1.807, 2.05) is 35.3 Å². The SMILES string of the molecule is Cc1ccnc(-n2c3ccccc3c3ccc(Oc4cccc(-n5cc(-c6c(C(C)C)c(C(C)C)cc(C(C)C)c6C(C)C)cn5)c4)cc32)c1. The maximum Gasteiger partial charge on any atom is 0.137 e. The predicted molar refractivity (Wildman–Crippen MR) is 209 cm³/mol. The predicted octanol–water partition coefficient (Wildman–Crippen LogP) is 12.6. The fraction of sp³-hybridized carbons (Fsp3) is 0.289. The Kier molecular flexibility index (Phi) is 8.86. The maximum absolute atomic E-state index is 6.56. The molecule has 0 aliphatic carbocycles. The van der Waals surface area contributed by atoms with E-state index in [1.54, 1.807) is 0 Å². The van der Waals surface area contributed by atoms with Gasteiger partial charge in [0, 0.05) is 40.9 Å². The minimum absolute atomic E-state index is 0.388. The third-order valence-electron chi connectivity index (χ3n) is 9.83. The van der Waals surface area contributed by atoms with Gasteiger partial charge in [0.15, 0.2) is 0 Å². The highest BCUT2D eigenvalue weighted by Gasteiger charge is 2.26. The van der Waals surface area contributed by atoms with Crippen LogP contribution >= 0.6 is 0 Å². The first kappa shape index (κ1) is 33.3. The topological polar surface area (TPSA) is 44.9 Å². The van der Waals surface area contributed by atoms with E-state index >= 15 is 0 Å². The Morgan fingerprint density at radius 1 is 0.620 bits per heavy atom. The number of nitrogens with zero attached hydrogens (tertiary/aromatic N) is 4. The van der Waals surface area contributed by atoms with Gasteiger partial charge in [-0.05, 0) is 106 Å². The van der Waals surface area contributed by atoms with Gasteiger partial charge in [-0.15, -0.1) is 0 Å². The van der Waals surface area contributed by atoms with Gasteiger partial charge in [0.25, 0.3) is 0 Å². The number of aromatic nitrogens is 4. The van der Waals surface area contributed by atoms with E-state index in [4.69, 9.17) is 14.8 Å². The molecule has 0 bridgehead atoms. The van der Waals surface area contributed by atoms with Crippen LogP contribution in [-0.2, 0) is 0 Å². The quantitative estimate of drug-likeness (QED) is 0.155. The molecular weight excluding hydrogens is 613 g/mol. The smallest absolute Gasteiger partial charge is 0.137 e. The van der Waals surface area contributed by atoms with Gasteiger partial charge in [-0.3, -0.25) is 4.57 Å². The van der Waals surface area contributed by atoms with Crippen LogP contribution in [0.5, 0.6) is 11.5 Å². The number of hydrogen-bond donors (Lipinski definition) is 0. The van der Waals surface area contributed by atoms with Gasteiger partial charge in [0.05, 0.1) is 22.9 Å². The first-order chi connectivity index (χ1) is 24.0. The molecule has 0 atom stereocenters. The molecule has 0 amide bonds. The molecule has 3 heterocycles. The Balaban J connectivity index is 1.28. The van der Waals surface area contributed by atoms with Gasteiger partial charge in [-0.25, -0.2) is 9.67 Å². The molecule has 7 aromatic rings. The zero-order valence-corrected chi connectivity index (χ0v) is 30.8. The lowest BCUT2D eigenvalue weighted by atomic mass is 9.76. The van der Waals surface area contributed by atoms with Crippen molar-refractivity contribution < 1.29 is 4.74 Å². The molecule has 0 spiro atoms. The molecule has 0 fully saturated rings. The summed E-state index contributed by atoms with van der Waals surface area (Å²) in [7, 11) is 0. The van der Waals surface area contributed by atoms with Gasteiger partial charge in [-0.2, -0.15) is 5.10 Å². The van der Waals surface area contributed by atoms with Crippen LogP contribution in [0, 0.1) is 6.92 Å². The molecule has 50 heavy (non-hydrogen) atoms. The number of ether oxygens (including phenoxy) is 1. The average molecular weight is 661 g/mol. The summed E-state index contributed by atoms with van der Waals surface area (Å²) in [5, 5.41) is 7.28. The molecule has 0 radical (unpaired) electrons. The van der Waals surface area contributed by atoms with Gasteiger partial charge in [0.1, 0.15) is 17.3 Å². The number of para-hydroxylation sites is 1. The summed E-state index contributed by atoms with van der Waals surface area (Å²) < 4.78 is 10.8. The van der Waals surface area contributed by atoms with Gasteiger partial charge >= 0.3 is 0 Å². The lowest BCUT2D eigenvalue weighted by Crippen LogP contribution is -2.10. The van der Waals surface area contributed by atoms with Crippen LogP contribution in [0.3, 0.4) is 0 Å². The molecule has 7 rings (SSSR count). The Bertz CT molecular complexity index is 2300. The zero-order valence-electron chi connectivity index (χ0n) is 30.8. The minimum Gasteiger partial charge on any atom is -0.457 e. The summed E-state index contributed by atoms with van der Waals surface area (Å²) in [5.74, 6) is 4.06. The molecule has 0 aliphatic heterocycles. The van der Waals surface area contributed by atoms with Crippen LogP contribution < -0.4 is 4.74 Å². The summed E-state index contributed by atoms with van der Waals surface area (Å²) in [6, 6.07) is 29.6. The average Bonchev–Trinajstić information content (AvgIpc) is 3.70. The van der Waals surface area contributed by atoms with Crippen LogP contribution in [0.1, 0.15) is 107 Å². The maximum atomic E-state index is 6.56. The molecule has 0 saturated heterocycles. The summed E-state index contributed by atoms with van der Waals surface area (Å²) >= 11 is 0. The monoisotopic (exact) mass is 660 g/mol. The Hall–Kier alpha value is -5.16. The molecule has 254 valence electrons. The van der Waals surface area contributed by atoms with Gasteiger partial charge < -0.3 is 4.74 Å². The normalized spacial score (nSPS) is 12.0. The van der Waals surface area contributed by atoms with Crippen LogP contribution in [0.25, 0.3) is 44.4 Å². The van der Waals surface area contributed by atoms with Crippen molar-refractivity contribution in [1.82, 2.24) is 19.3 Å². The van der Waals surface area contributed by atoms with Crippen LogP contribution in [-0.4, -0.2) is 19.3 Å². The fourth-order valence-electron chi connectivity index (χ4n) is 7.59. The van der Waals surface area contributed by atoms with Crippen molar-refractivity contribution in [2.24, 2.45) is 0 Å². The van der Waals surface area contributed by atoms with Crippen molar-refractivity contribution in [3.8, 4) is 34.1 Å². The van der Waals surface area contributed by atoms with Gasteiger partial charge in [-0.1, -0.05) is 85.7 Å². The van der Waals surface area contributed by atoms with Crippen LogP contribution in [0.15, 0.2) is 104 Å². The van der Waals surface area contributed by atoms with Crippen molar-refractivity contribution in [1.29, 1.82) is 0 Å². The van der Waals surface area contributed by atoms with Gasteiger partial charge in [0.2, 0.25) is 0 Å². The molecule has 5 nitrogen and oxygen atoms in total. The number of rotatable bonds is 9. The zero-order chi connectivity index (χ0) is 35.3. The van der Waals surface area contributed by atoms with Crippen molar-refractivity contribution >= 4 is 21.8 Å². The number of pyridine rings is 1. The minimum atomic E-state index is 0.388. The number of hydrogen-bond acceptors (Lipinski definition) is 3. The number of fused-ring (bicyclic) bond motifs is 3. The van der Waals surface area contributed by atoms with E-state index in [0.29, 0.717) is 23.7 Å². The van der Waals surface area contributed by atoms with E-state index in [9.17, 15) is 0 Å². The number of benzene rings is 4. The third-order valence-corrected chi connectivity index (χ3v) is 9.83. The first-order valence-corrected chi connectivity index (χ1v) is 18.0. The molecule has 0 saturated carbocycles. The molecule has 0 unspecified atom stereocenters. The van der Waals surface area contributed by atoms with E-state index < -0.39 is 0 Å². The Morgan fingerprint density at radius 3 is 1.98 bits per heavy atom. The highest BCUT2D eigenvalue weighted by atomic mass is 16.5. The summed E-state index contributed by atoms with van der Waals surface area (Å²) in [4.78, 5) is 4.73. The molecule has 5 heteroatoms. The fourth-order valence-corrected chi connectivity index (χ4v) is 7.59. The standard InChI is InChI=1S/C45H48N4O/c1-27(2)38-24-39(28(3)4)44(30(7)8)45(43(38)29(5)6)32-25-47-48(26-32)33-13-12-14-34(22-33)50-35-17-18-37-36-15-10-11-16-40(36)49(41(37)23-35)42-21-31(9)19-20-46-42/h10-30H,1-9H3. The second-order valence-electron chi connectivity index (χ2n) is 14.9. The molecular formula is C45H48N4O. The highest BCUT2D eigenvalue weighted by molar-refractivity contribution is 6.09. The molecule has 0 aliphatic rings. The van der Waals surface area contributed by atoms with Crippen LogP contribution in [0.4, 0.5) is 0 Å². The molecule has 3 aromatic heterocycles. The summed E-state index contributed by atoms with van der Waals surface area (Å²) in [5.41, 5.74) is 12.6. The largest absolute Gasteiger partial charge is 0.457 e. The summed E-state index contributed by atoms with van der Waals surface area (Å²) in [6.07, 6.45) is 6.11. The van der Waals surface area contributed by atoms with E-state index in [-0.39, 0.29) is 0 Å². The lowest BCUT2D eigenvalue weighted by molar-refractivity contribution is 0.483. The van der Waals surface area contributed by atoms with E-state index in [1.165, 1.54) is 38.8 Å². The first-order valence-electron chi connectivity index (χ1n) is 18.0. The van der Waals surface area contributed by atoms with E-state index in [0.717, 1.165) is 45.0 Å². The second kappa shape index (κ2) is 13.3. The summed E-state index contributed by atoms with van der Waals surface area (Å²) in [6.45, 7) is 20.7. The highest BCUT2D eigenvalue weighted by Crippen LogP contribution is 2.44. The lowest BCUT2D eigenvalue weighted by Gasteiger charge is -2.29. The Morgan fingerprint density at radius 2 is 1.30 bits per heavy atom. The number of aryl methyl sites for hydroxylation is 1.